The zero-order valence-corrected chi connectivity index (χ0v) is 22.0. The first kappa shape index (κ1) is 25.9. The van der Waals surface area contributed by atoms with Gasteiger partial charge in [0.25, 0.3) is 0 Å². The summed E-state index contributed by atoms with van der Waals surface area (Å²) in [5.74, 6) is 0.606. The van der Waals surface area contributed by atoms with Crippen LogP contribution in [0.4, 0.5) is 10.9 Å². The summed E-state index contributed by atoms with van der Waals surface area (Å²) in [6.07, 6.45) is 0.190. The molecule has 0 aliphatic carbocycles. The number of anilines is 2. The lowest BCUT2D eigenvalue weighted by Gasteiger charge is -2.14. The molecule has 0 radical (unpaired) electrons. The number of aromatic nitrogens is 2. The van der Waals surface area contributed by atoms with Gasteiger partial charge in [-0.1, -0.05) is 68.4 Å². The van der Waals surface area contributed by atoms with Crippen LogP contribution in [-0.2, 0) is 4.79 Å². The van der Waals surface area contributed by atoms with E-state index in [9.17, 15) is 15.3 Å². The maximum absolute atomic E-state index is 12.5. The number of carbonyl (C=O) groups is 1. The quantitative estimate of drug-likeness (QED) is 0.254. The molecule has 0 spiro atoms. The first-order valence-corrected chi connectivity index (χ1v) is 13.4. The molecule has 2 aromatic heterocycles. The van der Waals surface area contributed by atoms with Crippen molar-refractivity contribution in [2.45, 2.75) is 31.2 Å². The number of rotatable bonds is 8. The van der Waals surface area contributed by atoms with E-state index in [0.29, 0.717) is 27.4 Å². The van der Waals surface area contributed by atoms with E-state index < -0.39 is 0 Å². The highest BCUT2D eigenvalue weighted by atomic mass is 32.2. The van der Waals surface area contributed by atoms with Gasteiger partial charge in [-0.05, 0) is 17.0 Å². The number of amides is 1. The number of benzene rings is 2. The highest BCUT2D eigenvalue weighted by Crippen LogP contribution is 2.36. The molecule has 184 valence electrons. The number of pyridine rings is 1. The molecule has 1 amide bonds. The van der Waals surface area contributed by atoms with Gasteiger partial charge in [0.1, 0.15) is 28.5 Å². The van der Waals surface area contributed by atoms with E-state index in [0.717, 1.165) is 22.4 Å². The molecule has 0 aliphatic rings. The van der Waals surface area contributed by atoms with Crippen molar-refractivity contribution >= 4 is 40.0 Å². The molecule has 0 aliphatic heterocycles. The van der Waals surface area contributed by atoms with E-state index >= 15 is 0 Å². The molecule has 37 heavy (non-hydrogen) atoms. The van der Waals surface area contributed by atoms with Crippen molar-refractivity contribution in [2.75, 3.05) is 16.8 Å². The summed E-state index contributed by atoms with van der Waals surface area (Å²) in [5, 5.41) is 25.4. The summed E-state index contributed by atoms with van der Waals surface area (Å²) >= 11 is 2.63. The number of nitrogen functional groups attached to an aromatic ring is 1. The Morgan fingerprint density at radius 2 is 1.73 bits per heavy atom. The number of nitrogens with one attached hydrogen (secondary N) is 1. The average molecular weight is 525 g/mol. The van der Waals surface area contributed by atoms with Crippen molar-refractivity contribution in [1.82, 2.24) is 9.97 Å². The molecule has 2 aromatic carbocycles. The fraction of sp³-hybridized carbons (Fsp3) is 0.179. The monoisotopic (exact) mass is 524 g/mol. The molecule has 4 aromatic rings. The van der Waals surface area contributed by atoms with Gasteiger partial charge in [0.05, 0.1) is 11.3 Å². The molecule has 7 nitrogen and oxygen atoms in total. The number of thiazole rings is 1. The summed E-state index contributed by atoms with van der Waals surface area (Å²) in [6.45, 7) is 4.20. The van der Waals surface area contributed by atoms with Gasteiger partial charge in [-0.25, -0.2) is 9.97 Å². The Bertz CT molecular complexity index is 1500. The van der Waals surface area contributed by atoms with E-state index in [-0.39, 0.29) is 29.3 Å². The van der Waals surface area contributed by atoms with E-state index in [4.69, 9.17) is 5.73 Å². The maximum atomic E-state index is 12.5. The van der Waals surface area contributed by atoms with Crippen molar-refractivity contribution in [2.24, 2.45) is 0 Å². The van der Waals surface area contributed by atoms with Crippen molar-refractivity contribution in [3.05, 3.63) is 76.7 Å². The van der Waals surface area contributed by atoms with Gasteiger partial charge in [0.15, 0.2) is 5.13 Å². The Labute approximate surface area is 224 Å². The Hall–Kier alpha value is -4.18. The zero-order chi connectivity index (χ0) is 26.4. The summed E-state index contributed by atoms with van der Waals surface area (Å²) < 4.78 is 0. The highest BCUT2D eigenvalue weighted by Gasteiger charge is 2.21. The molecule has 4 rings (SSSR count). The van der Waals surface area contributed by atoms with Crippen LogP contribution in [0.5, 0.6) is 0 Å². The van der Waals surface area contributed by atoms with Crippen LogP contribution in [0.25, 0.3) is 22.4 Å². The fourth-order valence-electron chi connectivity index (χ4n) is 3.72. The first-order chi connectivity index (χ1) is 17.9. The van der Waals surface area contributed by atoms with Gasteiger partial charge in [-0.2, -0.15) is 10.5 Å². The molecule has 0 saturated heterocycles. The number of hydrogen-bond acceptors (Lipinski definition) is 8. The van der Waals surface area contributed by atoms with Crippen LogP contribution in [0, 0.1) is 22.7 Å². The Balaban J connectivity index is 1.48. The smallest absolute Gasteiger partial charge is 0.226 e. The van der Waals surface area contributed by atoms with Crippen molar-refractivity contribution in [3.8, 4) is 34.5 Å². The predicted molar refractivity (Wildman–Crippen MR) is 149 cm³/mol. The zero-order valence-electron chi connectivity index (χ0n) is 20.4. The van der Waals surface area contributed by atoms with Crippen molar-refractivity contribution in [3.63, 3.8) is 0 Å². The van der Waals surface area contributed by atoms with Crippen LogP contribution in [0.15, 0.2) is 65.0 Å². The Kier molecular flexibility index (Phi) is 8.19. The van der Waals surface area contributed by atoms with Crippen molar-refractivity contribution in [1.29, 1.82) is 10.5 Å². The predicted octanol–water partition coefficient (Wildman–Crippen LogP) is 6.44. The molecule has 2 heterocycles. The topological polar surface area (TPSA) is 128 Å². The molecule has 0 fully saturated rings. The summed E-state index contributed by atoms with van der Waals surface area (Å²) in [6, 6.07) is 21.8. The molecule has 0 saturated carbocycles. The number of thioether (sulfide) groups is 1. The third-order valence-corrected chi connectivity index (χ3v) is 7.40. The lowest BCUT2D eigenvalue weighted by Crippen LogP contribution is -2.12. The number of nitrogens with zero attached hydrogens (tertiary/aromatic N) is 4. The minimum absolute atomic E-state index is 0.0626. The molecule has 0 bridgehead atoms. The number of carbonyl (C=O) groups excluding carboxylic acids is 1. The molecule has 0 atom stereocenters. The third kappa shape index (κ3) is 5.97. The molecular weight excluding hydrogens is 500 g/mol. The van der Waals surface area contributed by atoms with Crippen LogP contribution in [0.2, 0.25) is 0 Å². The highest BCUT2D eigenvalue weighted by molar-refractivity contribution is 7.99. The van der Waals surface area contributed by atoms with E-state index in [1.807, 2.05) is 60.0 Å². The second-order valence-corrected chi connectivity index (χ2v) is 10.4. The van der Waals surface area contributed by atoms with Crippen LogP contribution in [-0.4, -0.2) is 21.6 Å². The van der Waals surface area contributed by atoms with Crippen LogP contribution < -0.4 is 11.1 Å². The van der Waals surface area contributed by atoms with Crippen LogP contribution in [0.1, 0.15) is 42.9 Å². The van der Waals surface area contributed by atoms with Gasteiger partial charge >= 0.3 is 0 Å². The van der Waals surface area contributed by atoms with Crippen LogP contribution >= 0.6 is 23.1 Å². The lowest BCUT2D eigenvalue weighted by atomic mass is 9.94. The normalized spacial score (nSPS) is 10.6. The summed E-state index contributed by atoms with van der Waals surface area (Å²) in [7, 11) is 0. The van der Waals surface area contributed by atoms with Gasteiger partial charge in [0.2, 0.25) is 5.91 Å². The van der Waals surface area contributed by atoms with E-state index in [2.05, 4.69) is 41.3 Å². The van der Waals surface area contributed by atoms with Crippen molar-refractivity contribution < 1.29 is 4.79 Å². The average Bonchev–Trinajstić information content (AvgIpc) is 3.37. The van der Waals surface area contributed by atoms with E-state index in [1.54, 1.807) is 0 Å². The minimum Gasteiger partial charge on any atom is -0.383 e. The van der Waals surface area contributed by atoms with E-state index in [1.165, 1.54) is 23.1 Å². The molecule has 3 N–H and O–H groups in total. The Morgan fingerprint density at radius 3 is 2.38 bits per heavy atom. The standard InChI is InChI=1S/C28H24N6OS2/c1-17(2)18-8-10-20(11-9-18)25-21(14-29)26(31)34-27(22(25)15-30)36-13-12-24(35)33-28-32-23(16-37-28)19-6-4-3-5-7-19/h3-11,16-17H,12-13H2,1-2H3,(H2,31,34)(H,32,33,35). The Morgan fingerprint density at radius 1 is 1.03 bits per heavy atom. The fourth-order valence-corrected chi connectivity index (χ4v) is 5.39. The largest absolute Gasteiger partial charge is 0.383 e. The molecule has 9 heteroatoms. The van der Waals surface area contributed by atoms with Crippen LogP contribution in [0.3, 0.4) is 0 Å². The number of hydrogen-bond donors (Lipinski definition) is 2. The molecule has 0 unspecified atom stereocenters. The summed E-state index contributed by atoms with van der Waals surface area (Å²) in [5.41, 5.74) is 10.7. The first-order valence-electron chi connectivity index (χ1n) is 11.6. The van der Waals surface area contributed by atoms with Gasteiger partial charge in [0, 0.05) is 28.7 Å². The maximum Gasteiger partial charge on any atom is 0.226 e. The lowest BCUT2D eigenvalue weighted by molar-refractivity contribution is -0.115. The van der Waals surface area contributed by atoms with Gasteiger partial charge < -0.3 is 11.1 Å². The minimum atomic E-state index is -0.189. The SMILES string of the molecule is CC(C)c1ccc(-c2c(C#N)c(N)nc(SCCC(=O)Nc3nc(-c4ccccc4)cs3)c2C#N)cc1. The van der Waals surface area contributed by atoms with Gasteiger partial charge in [-0.15, -0.1) is 23.1 Å². The molecular formula is C28H24N6OS2. The number of nitriles is 2. The summed E-state index contributed by atoms with van der Waals surface area (Å²) in [4.78, 5) is 21.3. The second-order valence-electron chi connectivity index (χ2n) is 8.48. The van der Waals surface area contributed by atoms with Gasteiger partial charge in [-0.3, -0.25) is 4.79 Å². The number of nitrogens with two attached hydrogens (primary N) is 1. The third-order valence-electron chi connectivity index (χ3n) is 5.67. The second kappa shape index (κ2) is 11.7.